The molecule has 1 unspecified atom stereocenters. The maximum Gasteiger partial charge on any atom is 0.127 e. The molecule has 0 aliphatic carbocycles. The zero-order valence-electron chi connectivity index (χ0n) is 20.5. The Morgan fingerprint density at radius 3 is 2.47 bits per heavy atom. The molecule has 0 aliphatic rings. The van der Waals surface area contributed by atoms with E-state index in [-0.39, 0.29) is 5.92 Å². The van der Waals surface area contributed by atoms with Crippen molar-refractivity contribution in [2.45, 2.75) is 19.4 Å². The summed E-state index contributed by atoms with van der Waals surface area (Å²) in [6, 6.07) is 35.7. The first-order valence-electron chi connectivity index (χ1n) is 12.3. The predicted molar refractivity (Wildman–Crippen MR) is 147 cm³/mol. The molecule has 0 amide bonds. The van der Waals surface area contributed by atoms with Gasteiger partial charge >= 0.3 is 0 Å². The molecule has 0 saturated carbocycles. The van der Waals surface area contributed by atoms with E-state index < -0.39 is 0 Å². The van der Waals surface area contributed by atoms with Gasteiger partial charge in [-0.3, -0.25) is 0 Å². The van der Waals surface area contributed by atoms with E-state index >= 15 is 0 Å². The smallest absolute Gasteiger partial charge is 0.127 e. The Labute approximate surface area is 210 Å². The van der Waals surface area contributed by atoms with Gasteiger partial charge in [0.25, 0.3) is 0 Å². The van der Waals surface area contributed by atoms with Crippen molar-refractivity contribution in [3.63, 3.8) is 0 Å². The predicted octanol–water partition coefficient (Wildman–Crippen LogP) is 7.58. The molecule has 0 saturated heterocycles. The summed E-state index contributed by atoms with van der Waals surface area (Å²) in [7, 11) is 1.70. The van der Waals surface area contributed by atoms with Crippen molar-refractivity contribution >= 4 is 32.6 Å². The van der Waals surface area contributed by atoms with Gasteiger partial charge in [0.2, 0.25) is 0 Å². The lowest BCUT2D eigenvalue weighted by atomic mass is 9.97. The Balaban J connectivity index is 1.31. The van der Waals surface area contributed by atoms with Gasteiger partial charge in [-0.1, -0.05) is 79.7 Å². The van der Waals surface area contributed by atoms with Crippen LogP contribution in [0.5, 0.6) is 11.5 Å². The normalized spacial score (nSPS) is 12.3. The van der Waals surface area contributed by atoms with Gasteiger partial charge in [-0.05, 0) is 52.1 Å². The Morgan fingerprint density at radius 1 is 0.778 bits per heavy atom. The van der Waals surface area contributed by atoms with E-state index in [4.69, 9.17) is 14.5 Å². The van der Waals surface area contributed by atoms with Gasteiger partial charge < -0.3 is 14.0 Å². The maximum atomic E-state index is 6.30. The van der Waals surface area contributed by atoms with Crippen molar-refractivity contribution in [3.05, 3.63) is 115 Å². The number of benzene rings is 5. The molecular formula is C32H28N2O2. The van der Waals surface area contributed by atoms with E-state index in [2.05, 4.69) is 90.4 Å². The largest absolute Gasteiger partial charge is 0.497 e. The quantitative estimate of drug-likeness (QED) is 0.240. The lowest BCUT2D eigenvalue weighted by molar-refractivity contribution is 0.301. The highest BCUT2D eigenvalue weighted by Gasteiger charge is 2.19. The van der Waals surface area contributed by atoms with Gasteiger partial charge in [0.05, 0.1) is 24.7 Å². The summed E-state index contributed by atoms with van der Waals surface area (Å²) in [5.74, 6) is 2.96. The topological polar surface area (TPSA) is 36.3 Å². The minimum Gasteiger partial charge on any atom is -0.497 e. The molecule has 6 rings (SSSR count). The summed E-state index contributed by atoms with van der Waals surface area (Å²) in [6.07, 6.45) is 0. The van der Waals surface area contributed by atoms with Crippen molar-refractivity contribution in [2.24, 2.45) is 0 Å². The number of nitrogens with zero attached hydrogens (tertiary/aromatic N) is 2. The van der Waals surface area contributed by atoms with Crippen molar-refractivity contribution in [1.82, 2.24) is 9.55 Å². The van der Waals surface area contributed by atoms with Crippen LogP contribution in [-0.2, 0) is 6.54 Å². The standard InChI is InChI=1S/C32H28N2O2/c1-22(24-14-15-26-21-27(35-2)17-16-25(26)20-24)32-33-29-11-5-6-12-30(29)34(32)18-19-36-31-13-7-9-23-8-3-4-10-28(23)31/h3-17,20-22H,18-19H2,1-2H3. The second-order valence-electron chi connectivity index (χ2n) is 9.13. The molecule has 1 atom stereocenters. The van der Waals surface area contributed by atoms with Crippen LogP contribution in [-0.4, -0.2) is 23.3 Å². The second kappa shape index (κ2) is 9.38. The zero-order chi connectivity index (χ0) is 24.5. The molecule has 0 fully saturated rings. The highest BCUT2D eigenvalue weighted by atomic mass is 16.5. The van der Waals surface area contributed by atoms with Crippen molar-refractivity contribution in [1.29, 1.82) is 0 Å². The van der Waals surface area contributed by atoms with Crippen molar-refractivity contribution in [3.8, 4) is 11.5 Å². The maximum absolute atomic E-state index is 6.30. The fourth-order valence-electron chi connectivity index (χ4n) is 5.02. The van der Waals surface area contributed by atoms with Crippen LogP contribution >= 0.6 is 0 Å². The molecule has 4 heteroatoms. The Bertz CT molecular complexity index is 1680. The molecule has 5 aromatic carbocycles. The first-order valence-corrected chi connectivity index (χ1v) is 12.3. The second-order valence-corrected chi connectivity index (χ2v) is 9.13. The number of fused-ring (bicyclic) bond motifs is 3. The summed E-state index contributed by atoms with van der Waals surface area (Å²) in [5, 5.41) is 4.69. The van der Waals surface area contributed by atoms with Crippen LogP contribution in [0.15, 0.2) is 103 Å². The molecule has 0 spiro atoms. The molecule has 4 nitrogen and oxygen atoms in total. The van der Waals surface area contributed by atoms with Crippen LogP contribution in [0.2, 0.25) is 0 Å². The monoisotopic (exact) mass is 472 g/mol. The van der Waals surface area contributed by atoms with E-state index in [0.29, 0.717) is 13.2 Å². The Hall–Kier alpha value is -4.31. The van der Waals surface area contributed by atoms with Gasteiger partial charge in [-0.15, -0.1) is 0 Å². The van der Waals surface area contributed by atoms with Crippen LogP contribution < -0.4 is 9.47 Å². The highest BCUT2D eigenvalue weighted by Crippen LogP contribution is 2.31. The summed E-state index contributed by atoms with van der Waals surface area (Å²) < 4.78 is 14.0. The van der Waals surface area contributed by atoms with Gasteiger partial charge in [-0.25, -0.2) is 4.98 Å². The molecule has 0 bridgehead atoms. The number of hydrogen-bond donors (Lipinski definition) is 0. The third-order valence-corrected chi connectivity index (χ3v) is 6.96. The van der Waals surface area contributed by atoms with Gasteiger partial charge in [0.1, 0.15) is 23.9 Å². The Morgan fingerprint density at radius 2 is 1.56 bits per heavy atom. The average molecular weight is 473 g/mol. The lowest BCUT2D eigenvalue weighted by Gasteiger charge is -2.17. The molecule has 6 aromatic rings. The molecule has 0 aliphatic heterocycles. The molecule has 36 heavy (non-hydrogen) atoms. The number of methoxy groups -OCH3 is 1. The number of aromatic nitrogens is 2. The van der Waals surface area contributed by atoms with E-state index in [1.54, 1.807) is 7.11 Å². The molecule has 1 aromatic heterocycles. The van der Waals surface area contributed by atoms with Gasteiger partial charge in [0, 0.05) is 11.3 Å². The number of imidazole rings is 1. The van der Waals surface area contributed by atoms with E-state index in [9.17, 15) is 0 Å². The SMILES string of the molecule is COc1ccc2cc(C(C)c3nc4ccccc4n3CCOc3cccc4ccccc34)ccc2c1. The summed E-state index contributed by atoms with van der Waals surface area (Å²) in [4.78, 5) is 5.06. The first-order chi connectivity index (χ1) is 17.7. The van der Waals surface area contributed by atoms with Crippen molar-refractivity contribution in [2.75, 3.05) is 13.7 Å². The van der Waals surface area contributed by atoms with Crippen LogP contribution in [0.3, 0.4) is 0 Å². The van der Waals surface area contributed by atoms with Crippen LogP contribution in [0.4, 0.5) is 0 Å². The molecule has 0 N–H and O–H groups in total. The Kier molecular flexibility index (Phi) is 5.78. The third-order valence-electron chi connectivity index (χ3n) is 6.96. The highest BCUT2D eigenvalue weighted by molar-refractivity contribution is 5.88. The third kappa shape index (κ3) is 4.05. The fraction of sp³-hybridized carbons (Fsp3) is 0.156. The molecule has 1 heterocycles. The fourth-order valence-corrected chi connectivity index (χ4v) is 5.02. The number of rotatable bonds is 7. The first kappa shape index (κ1) is 22.2. The zero-order valence-corrected chi connectivity index (χ0v) is 20.5. The van der Waals surface area contributed by atoms with Crippen LogP contribution in [0, 0.1) is 0 Å². The average Bonchev–Trinajstić information content (AvgIpc) is 3.30. The minimum atomic E-state index is 0.126. The lowest BCUT2D eigenvalue weighted by Crippen LogP contribution is -2.13. The summed E-state index contributed by atoms with van der Waals surface area (Å²) in [5.41, 5.74) is 3.38. The van der Waals surface area contributed by atoms with Gasteiger partial charge in [0.15, 0.2) is 0 Å². The minimum absolute atomic E-state index is 0.126. The van der Waals surface area contributed by atoms with E-state index in [0.717, 1.165) is 33.7 Å². The van der Waals surface area contributed by atoms with Gasteiger partial charge in [-0.2, -0.15) is 0 Å². The number of hydrogen-bond acceptors (Lipinski definition) is 3. The number of ether oxygens (including phenoxy) is 2. The van der Waals surface area contributed by atoms with Crippen LogP contribution in [0.1, 0.15) is 24.2 Å². The molecular weight excluding hydrogens is 444 g/mol. The van der Waals surface area contributed by atoms with Crippen molar-refractivity contribution < 1.29 is 9.47 Å². The van der Waals surface area contributed by atoms with Crippen LogP contribution in [0.25, 0.3) is 32.6 Å². The summed E-state index contributed by atoms with van der Waals surface area (Å²) in [6.45, 7) is 3.51. The van der Waals surface area contributed by atoms with E-state index in [1.807, 2.05) is 24.3 Å². The molecule has 178 valence electrons. The van der Waals surface area contributed by atoms with E-state index in [1.165, 1.54) is 21.7 Å². The summed E-state index contributed by atoms with van der Waals surface area (Å²) >= 11 is 0. The molecule has 0 radical (unpaired) electrons. The number of para-hydroxylation sites is 2.